The normalized spacial score (nSPS) is 11.9. The van der Waals surface area contributed by atoms with Crippen molar-refractivity contribution >= 4 is 34.6 Å². The fourth-order valence-corrected chi connectivity index (χ4v) is 3.29. The molecule has 4 aromatic rings. The summed E-state index contributed by atoms with van der Waals surface area (Å²) in [6, 6.07) is 21.3. The fraction of sp³-hybridized carbons (Fsp3) is 0.160. The van der Waals surface area contributed by atoms with E-state index in [0.29, 0.717) is 11.6 Å². The number of rotatable bonds is 7. The first-order valence-electron chi connectivity index (χ1n) is 10.00. The number of anilines is 2. The Bertz CT molecular complexity index is 1240. The minimum Gasteiger partial charge on any atom is -0.481 e. The Balaban J connectivity index is 1.45. The molecule has 6 nitrogen and oxygen atoms in total. The molecule has 0 amide bonds. The molecule has 0 fully saturated rings. The highest BCUT2D eigenvalue weighted by molar-refractivity contribution is 5.98. The summed E-state index contributed by atoms with van der Waals surface area (Å²) in [6.45, 7) is 3.54. The van der Waals surface area contributed by atoms with Gasteiger partial charge < -0.3 is 14.8 Å². The lowest BCUT2D eigenvalue weighted by Crippen LogP contribution is -2.14. The molecule has 4 rings (SSSR count). The Labute approximate surface area is 179 Å². The van der Waals surface area contributed by atoms with Gasteiger partial charge in [-0.2, -0.15) is 4.98 Å². The van der Waals surface area contributed by atoms with Crippen LogP contribution < -0.4 is 5.32 Å². The van der Waals surface area contributed by atoms with Crippen LogP contribution in [0.3, 0.4) is 0 Å². The van der Waals surface area contributed by atoms with Gasteiger partial charge in [-0.3, -0.25) is 9.59 Å². The molecule has 0 aliphatic heterocycles. The van der Waals surface area contributed by atoms with Crippen LogP contribution in [-0.2, 0) is 4.79 Å². The minimum absolute atomic E-state index is 0.00948. The molecule has 1 atom stereocenters. The molecule has 0 aliphatic rings. The number of aryl methyl sites for hydroxylation is 1. The number of aliphatic carboxylic acids is 1. The van der Waals surface area contributed by atoms with E-state index in [1.54, 1.807) is 12.1 Å². The lowest BCUT2D eigenvalue weighted by molar-refractivity contribution is -0.141. The van der Waals surface area contributed by atoms with Crippen molar-refractivity contribution in [1.82, 2.24) is 4.98 Å². The summed E-state index contributed by atoms with van der Waals surface area (Å²) >= 11 is 0. The van der Waals surface area contributed by atoms with Crippen molar-refractivity contribution in [2.75, 3.05) is 5.32 Å². The van der Waals surface area contributed by atoms with E-state index in [1.165, 1.54) is 6.92 Å². The Kier molecular flexibility index (Phi) is 5.54. The van der Waals surface area contributed by atoms with E-state index in [4.69, 9.17) is 9.52 Å². The second kappa shape index (κ2) is 8.44. The van der Waals surface area contributed by atoms with Crippen LogP contribution in [0.2, 0.25) is 0 Å². The second-order valence-corrected chi connectivity index (χ2v) is 7.64. The second-order valence-electron chi connectivity index (χ2n) is 7.64. The molecule has 0 saturated carbocycles. The van der Waals surface area contributed by atoms with Gasteiger partial charge in [-0.15, -0.1) is 0 Å². The third kappa shape index (κ3) is 4.64. The number of hydrogen-bond donors (Lipinski definition) is 2. The summed E-state index contributed by atoms with van der Waals surface area (Å²) < 4.78 is 5.75. The van der Waals surface area contributed by atoms with E-state index in [9.17, 15) is 9.59 Å². The highest BCUT2D eigenvalue weighted by atomic mass is 16.4. The van der Waals surface area contributed by atoms with Gasteiger partial charge in [-0.25, -0.2) is 0 Å². The molecule has 0 spiro atoms. The third-order valence-electron chi connectivity index (χ3n) is 5.13. The van der Waals surface area contributed by atoms with Crippen molar-refractivity contribution in [1.29, 1.82) is 0 Å². The topological polar surface area (TPSA) is 92.4 Å². The molecule has 1 aromatic heterocycles. The van der Waals surface area contributed by atoms with Crippen molar-refractivity contribution in [3.05, 3.63) is 77.9 Å². The number of carboxylic acids is 1. The van der Waals surface area contributed by atoms with Crippen molar-refractivity contribution in [2.45, 2.75) is 20.3 Å². The molecule has 31 heavy (non-hydrogen) atoms. The number of carbonyl (C=O) groups excluding carboxylic acids is 1. The van der Waals surface area contributed by atoms with Gasteiger partial charge in [0.1, 0.15) is 5.52 Å². The molecule has 0 radical (unpaired) electrons. The van der Waals surface area contributed by atoms with Gasteiger partial charge in [0, 0.05) is 17.7 Å². The molecule has 6 heteroatoms. The van der Waals surface area contributed by atoms with Crippen LogP contribution >= 0.6 is 0 Å². The van der Waals surface area contributed by atoms with Crippen LogP contribution in [0.4, 0.5) is 11.7 Å². The Hall–Kier alpha value is -3.93. The Morgan fingerprint density at radius 3 is 2.29 bits per heavy atom. The smallest absolute Gasteiger partial charge is 0.306 e. The van der Waals surface area contributed by atoms with Crippen LogP contribution in [-0.4, -0.2) is 21.8 Å². The first-order valence-corrected chi connectivity index (χ1v) is 10.00. The van der Waals surface area contributed by atoms with Gasteiger partial charge in [-0.05, 0) is 47.9 Å². The summed E-state index contributed by atoms with van der Waals surface area (Å²) in [5.74, 6) is -1.83. The third-order valence-corrected chi connectivity index (χ3v) is 5.13. The monoisotopic (exact) mass is 414 g/mol. The summed E-state index contributed by atoms with van der Waals surface area (Å²) in [7, 11) is 0. The molecule has 0 saturated heterocycles. The summed E-state index contributed by atoms with van der Waals surface area (Å²) in [5, 5.41) is 12.1. The zero-order valence-electron chi connectivity index (χ0n) is 17.3. The average molecular weight is 414 g/mol. The number of Topliss-reactive ketones (excluding diaryl/α,β-unsaturated/α-hetero) is 1. The van der Waals surface area contributed by atoms with Crippen molar-refractivity contribution in [3.8, 4) is 11.1 Å². The number of carbonyl (C=O) groups is 2. The maximum absolute atomic E-state index is 12.2. The predicted octanol–water partition coefficient (Wildman–Crippen LogP) is 5.84. The van der Waals surface area contributed by atoms with E-state index >= 15 is 0 Å². The number of hydrogen-bond acceptors (Lipinski definition) is 5. The number of carboxylic acid groups (broad SMARTS) is 1. The quantitative estimate of drug-likeness (QED) is 0.369. The van der Waals surface area contributed by atoms with E-state index in [0.717, 1.165) is 33.5 Å². The van der Waals surface area contributed by atoms with Crippen LogP contribution in [0, 0.1) is 12.8 Å². The van der Waals surface area contributed by atoms with Crippen molar-refractivity contribution in [2.24, 2.45) is 5.92 Å². The minimum atomic E-state index is -0.966. The maximum atomic E-state index is 12.2. The largest absolute Gasteiger partial charge is 0.481 e. The molecule has 0 bridgehead atoms. The van der Waals surface area contributed by atoms with E-state index in [1.807, 2.05) is 61.5 Å². The highest BCUT2D eigenvalue weighted by Gasteiger charge is 2.17. The van der Waals surface area contributed by atoms with Crippen molar-refractivity contribution in [3.63, 3.8) is 0 Å². The van der Waals surface area contributed by atoms with Gasteiger partial charge in [0.05, 0.1) is 5.92 Å². The molecule has 1 unspecified atom stereocenters. The van der Waals surface area contributed by atoms with E-state index in [2.05, 4.69) is 10.3 Å². The molecule has 1 heterocycles. The highest BCUT2D eigenvalue weighted by Crippen LogP contribution is 2.26. The zero-order chi connectivity index (χ0) is 22.0. The van der Waals surface area contributed by atoms with Crippen LogP contribution in [0.15, 0.2) is 71.1 Å². The van der Waals surface area contributed by atoms with E-state index in [-0.39, 0.29) is 12.2 Å². The van der Waals surface area contributed by atoms with Gasteiger partial charge in [0.25, 0.3) is 6.01 Å². The number of fused-ring (bicyclic) bond motifs is 1. The molecular formula is C25H22N2O4. The lowest BCUT2D eigenvalue weighted by atomic mass is 9.97. The Morgan fingerprint density at radius 2 is 1.65 bits per heavy atom. The number of ketones is 1. The van der Waals surface area contributed by atoms with Crippen molar-refractivity contribution < 1.29 is 19.1 Å². The lowest BCUT2D eigenvalue weighted by Gasteiger charge is -2.07. The summed E-state index contributed by atoms with van der Waals surface area (Å²) in [5.41, 5.74) is 5.98. The average Bonchev–Trinajstić information content (AvgIpc) is 3.15. The number of nitrogens with one attached hydrogen (secondary N) is 1. The zero-order valence-corrected chi connectivity index (χ0v) is 17.3. The molecular weight excluding hydrogens is 392 g/mol. The van der Waals surface area contributed by atoms with Crippen LogP contribution in [0.25, 0.3) is 22.2 Å². The summed E-state index contributed by atoms with van der Waals surface area (Å²) in [4.78, 5) is 27.6. The molecule has 0 aliphatic carbocycles. The van der Waals surface area contributed by atoms with E-state index < -0.39 is 11.9 Å². The SMILES string of the molecule is Cc1ccc2nc(Nc3ccc(-c4ccc(C(=O)CC(C)C(=O)O)cc4)cc3)oc2c1. The molecule has 156 valence electrons. The van der Waals surface area contributed by atoms with Crippen LogP contribution in [0.5, 0.6) is 0 Å². The molecule has 3 aromatic carbocycles. The first-order chi connectivity index (χ1) is 14.9. The van der Waals surface area contributed by atoms with Gasteiger partial charge >= 0.3 is 5.97 Å². The van der Waals surface area contributed by atoms with Gasteiger partial charge in [0.2, 0.25) is 0 Å². The van der Waals surface area contributed by atoms with Crippen LogP contribution in [0.1, 0.15) is 29.3 Å². The Morgan fingerprint density at radius 1 is 1.00 bits per heavy atom. The van der Waals surface area contributed by atoms with Gasteiger partial charge in [0.15, 0.2) is 11.4 Å². The number of aromatic nitrogens is 1. The fourth-order valence-electron chi connectivity index (χ4n) is 3.29. The maximum Gasteiger partial charge on any atom is 0.306 e. The molecule has 2 N–H and O–H groups in total. The van der Waals surface area contributed by atoms with Gasteiger partial charge in [-0.1, -0.05) is 49.4 Å². The number of nitrogens with zero attached hydrogens (tertiary/aromatic N) is 1. The first kappa shape index (κ1) is 20.3. The number of benzene rings is 3. The predicted molar refractivity (Wildman–Crippen MR) is 120 cm³/mol. The standard InChI is InChI=1S/C25H22N2O4/c1-15-3-12-21-23(13-15)31-25(27-21)26-20-10-8-18(9-11-20)17-4-6-19(7-5-17)22(28)14-16(2)24(29)30/h3-13,16H,14H2,1-2H3,(H,26,27)(H,29,30). The summed E-state index contributed by atoms with van der Waals surface area (Å²) in [6.07, 6.45) is -0.00948. The number of oxazole rings is 1.